The molecule has 1 aliphatic rings. The normalized spacial score (nSPS) is 14.1. The average Bonchev–Trinajstić information content (AvgIpc) is 2.70. The lowest BCUT2D eigenvalue weighted by molar-refractivity contribution is -0.129. The van der Waals surface area contributed by atoms with Crippen LogP contribution in [0.2, 0.25) is 0 Å². The number of carboxylic acids is 1. The van der Waals surface area contributed by atoms with Gasteiger partial charge in [0.2, 0.25) is 0 Å². The number of carbonyl (C=O) groups is 2. The van der Waals surface area contributed by atoms with Crippen LogP contribution in [0, 0.1) is 5.41 Å². The second-order valence-electron chi connectivity index (χ2n) is 8.37. The number of benzene rings is 2. The maximum absolute atomic E-state index is 12.7. The summed E-state index contributed by atoms with van der Waals surface area (Å²) in [7, 11) is 0. The lowest BCUT2D eigenvalue weighted by atomic mass is 9.93. The highest BCUT2D eigenvalue weighted by Crippen LogP contribution is 2.33. The van der Waals surface area contributed by atoms with E-state index in [1.165, 1.54) is 6.08 Å². The molecule has 3 rings (SSSR count). The maximum Gasteiger partial charge on any atom is 0.354 e. The van der Waals surface area contributed by atoms with Gasteiger partial charge >= 0.3 is 5.97 Å². The number of rotatable bonds is 5. The van der Waals surface area contributed by atoms with Crippen LogP contribution in [-0.2, 0) is 16.0 Å². The number of nitrogens with zero attached hydrogens (tertiary/aromatic N) is 1. The Hall–Kier alpha value is -3.41. The first-order valence-corrected chi connectivity index (χ1v) is 9.97. The third-order valence-corrected chi connectivity index (χ3v) is 5.10. The van der Waals surface area contributed by atoms with Crippen LogP contribution in [0.15, 0.2) is 54.1 Å². The molecule has 0 saturated carbocycles. The van der Waals surface area contributed by atoms with Gasteiger partial charge in [0.05, 0.1) is 5.57 Å². The Bertz CT molecular complexity index is 1000. The predicted molar refractivity (Wildman–Crippen MR) is 120 cm³/mol. The number of carboxylic acid groups (broad SMARTS) is 1. The topological polar surface area (TPSA) is 93.5 Å². The van der Waals surface area contributed by atoms with Crippen LogP contribution in [0.3, 0.4) is 0 Å². The average molecular weight is 405 g/mol. The second kappa shape index (κ2) is 8.53. The van der Waals surface area contributed by atoms with Crippen LogP contribution in [0.4, 0.5) is 11.4 Å². The van der Waals surface area contributed by atoms with Crippen molar-refractivity contribution in [3.63, 3.8) is 0 Å². The summed E-state index contributed by atoms with van der Waals surface area (Å²) in [6, 6.07) is 14.6. The third-order valence-electron chi connectivity index (χ3n) is 5.10. The molecule has 30 heavy (non-hydrogen) atoms. The Kier molecular flexibility index (Phi) is 6.06. The van der Waals surface area contributed by atoms with Crippen LogP contribution in [0.25, 0.3) is 6.08 Å². The quantitative estimate of drug-likeness (QED) is 0.509. The molecular formula is C24H27N3O3. The van der Waals surface area contributed by atoms with Crippen molar-refractivity contribution in [1.29, 1.82) is 5.41 Å². The lowest BCUT2D eigenvalue weighted by Crippen LogP contribution is -2.44. The first-order valence-electron chi connectivity index (χ1n) is 9.97. The molecule has 2 aromatic carbocycles. The molecular weight excluding hydrogens is 378 g/mol. The van der Waals surface area contributed by atoms with Gasteiger partial charge in [-0.15, -0.1) is 0 Å². The highest BCUT2D eigenvalue weighted by atomic mass is 16.4. The van der Waals surface area contributed by atoms with Crippen LogP contribution >= 0.6 is 0 Å². The zero-order valence-corrected chi connectivity index (χ0v) is 17.5. The smallest absolute Gasteiger partial charge is 0.354 e. The van der Waals surface area contributed by atoms with Crippen molar-refractivity contribution in [2.24, 2.45) is 0 Å². The third kappa shape index (κ3) is 4.76. The Labute approximate surface area is 176 Å². The summed E-state index contributed by atoms with van der Waals surface area (Å²) in [5.41, 5.74) is 2.64. The first-order chi connectivity index (χ1) is 14.2. The van der Waals surface area contributed by atoms with E-state index in [-0.39, 0.29) is 11.1 Å². The Morgan fingerprint density at radius 2 is 1.83 bits per heavy atom. The van der Waals surface area contributed by atoms with E-state index < -0.39 is 17.6 Å². The van der Waals surface area contributed by atoms with Gasteiger partial charge in [0, 0.05) is 23.5 Å². The molecule has 0 radical (unpaired) electrons. The Morgan fingerprint density at radius 1 is 1.13 bits per heavy atom. The molecule has 0 fully saturated rings. The van der Waals surface area contributed by atoms with Gasteiger partial charge in [-0.25, -0.2) is 4.79 Å². The van der Waals surface area contributed by atoms with Crippen molar-refractivity contribution in [3.8, 4) is 0 Å². The van der Waals surface area contributed by atoms with E-state index in [0.29, 0.717) is 11.3 Å². The Balaban J connectivity index is 1.96. The molecule has 0 saturated heterocycles. The number of para-hydroxylation sites is 1. The number of nitrogens with one attached hydrogen (secondary N) is 2. The summed E-state index contributed by atoms with van der Waals surface area (Å²) < 4.78 is 0. The first kappa shape index (κ1) is 21.3. The molecule has 1 heterocycles. The van der Waals surface area contributed by atoms with Gasteiger partial charge in [-0.3, -0.25) is 10.2 Å². The largest absolute Gasteiger partial charge is 0.477 e. The number of amides is 1. The number of fused-ring (bicyclic) bond motifs is 1. The Morgan fingerprint density at radius 3 is 2.47 bits per heavy atom. The number of aliphatic carboxylic acids is 1. The maximum atomic E-state index is 12.7. The molecule has 0 aromatic heterocycles. The van der Waals surface area contributed by atoms with Gasteiger partial charge in [-0.1, -0.05) is 24.3 Å². The molecule has 156 valence electrons. The minimum atomic E-state index is -1.44. The molecule has 6 nitrogen and oxygen atoms in total. The van der Waals surface area contributed by atoms with E-state index in [0.717, 1.165) is 30.6 Å². The molecule has 1 amide bonds. The predicted octanol–water partition coefficient (Wildman–Crippen LogP) is 4.36. The molecule has 0 bridgehead atoms. The summed E-state index contributed by atoms with van der Waals surface area (Å²) in [6.07, 6.45) is 3.43. The number of aryl methyl sites for hydroxylation is 1. The van der Waals surface area contributed by atoms with Crippen molar-refractivity contribution in [2.45, 2.75) is 39.2 Å². The summed E-state index contributed by atoms with van der Waals surface area (Å²) in [4.78, 5) is 26.5. The zero-order valence-electron chi connectivity index (χ0n) is 17.5. The van der Waals surface area contributed by atoms with E-state index in [4.69, 9.17) is 5.41 Å². The SMILES string of the molecule is CC(C)(C)N1CCCc2cc(/C=C(/C(=N)C(=O)O)C(=O)Nc3ccccc3)ccc21. The van der Waals surface area contributed by atoms with E-state index >= 15 is 0 Å². The highest BCUT2D eigenvalue weighted by molar-refractivity contribution is 6.50. The van der Waals surface area contributed by atoms with Crippen LogP contribution in [0.1, 0.15) is 38.3 Å². The van der Waals surface area contributed by atoms with Gasteiger partial charge in [0.1, 0.15) is 0 Å². The second-order valence-corrected chi connectivity index (χ2v) is 8.37. The van der Waals surface area contributed by atoms with E-state index in [2.05, 4.69) is 31.0 Å². The van der Waals surface area contributed by atoms with Gasteiger partial charge < -0.3 is 15.3 Å². The minimum Gasteiger partial charge on any atom is -0.477 e. The number of hydrogen-bond acceptors (Lipinski definition) is 4. The molecule has 1 aliphatic heterocycles. The lowest BCUT2D eigenvalue weighted by Gasteiger charge is -2.41. The van der Waals surface area contributed by atoms with Crippen molar-refractivity contribution in [2.75, 3.05) is 16.8 Å². The van der Waals surface area contributed by atoms with Crippen molar-refractivity contribution in [3.05, 3.63) is 65.2 Å². The summed E-state index contributed by atoms with van der Waals surface area (Å²) in [5.74, 6) is -2.07. The van der Waals surface area contributed by atoms with Crippen LogP contribution in [-0.4, -0.2) is 34.8 Å². The summed E-state index contributed by atoms with van der Waals surface area (Å²) in [5, 5.41) is 19.9. The fraction of sp³-hybridized carbons (Fsp3) is 0.292. The fourth-order valence-electron chi connectivity index (χ4n) is 3.66. The molecule has 0 unspecified atom stereocenters. The number of anilines is 2. The number of carbonyl (C=O) groups excluding carboxylic acids is 1. The van der Waals surface area contributed by atoms with Gasteiger partial charge in [0.15, 0.2) is 5.71 Å². The van der Waals surface area contributed by atoms with Crippen molar-refractivity contribution >= 4 is 35.0 Å². The van der Waals surface area contributed by atoms with Gasteiger partial charge in [0.25, 0.3) is 5.91 Å². The standard InChI is InChI=1S/C24H27N3O3/c1-24(2,3)27-13-7-8-17-14-16(11-12-20(17)27)15-19(21(25)23(29)30)22(28)26-18-9-5-4-6-10-18/h4-6,9-12,14-15,25H,7-8,13H2,1-3H3,(H,26,28)(H,29,30)/b19-15-,25-21?. The zero-order chi connectivity index (χ0) is 21.9. The molecule has 6 heteroatoms. The highest BCUT2D eigenvalue weighted by Gasteiger charge is 2.27. The molecule has 0 spiro atoms. The van der Waals surface area contributed by atoms with E-state index in [9.17, 15) is 14.7 Å². The molecule has 0 atom stereocenters. The minimum absolute atomic E-state index is 0.00130. The van der Waals surface area contributed by atoms with E-state index in [1.54, 1.807) is 24.3 Å². The fourth-order valence-corrected chi connectivity index (χ4v) is 3.66. The summed E-state index contributed by atoms with van der Waals surface area (Å²) in [6.45, 7) is 7.52. The van der Waals surface area contributed by atoms with Crippen molar-refractivity contribution in [1.82, 2.24) is 0 Å². The molecule has 0 aliphatic carbocycles. The monoisotopic (exact) mass is 405 g/mol. The van der Waals surface area contributed by atoms with Crippen molar-refractivity contribution < 1.29 is 14.7 Å². The van der Waals surface area contributed by atoms with Crippen LogP contribution in [0.5, 0.6) is 0 Å². The number of hydrogen-bond donors (Lipinski definition) is 3. The molecule has 3 N–H and O–H groups in total. The molecule has 2 aromatic rings. The summed E-state index contributed by atoms with van der Waals surface area (Å²) >= 11 is 0. The van der Waals surface area contributed by atoms with Gasteiger partial charge in [-0.2, -0.15) is 0 Å². The van der Waals surface area contributed by atoms with Gasteiger partial charge in [-0.05, 0) is 75.1 Å². The van der Waals surface area contributed by atoms with Crippen LogP contribution < -0.4 is 10.2 Å². The van der Waals surface area contributed by atoms with E-state index in [1.807, 2.05) is 24.3 Å².